The highest BCUT2D eigenvalue weighted by molar-refractivity contribution is 5.97. The molecule has 0 spiro atoms. The number of nitrogens with one attached hydrogen (secondary N) is 1. The summed E-state index contributed by atoms with van der Waals surface area (Å²) in [6, 6.07) is 13.8. The minimum atomic E-state index is -0.884. The minimum Gasteiger partial charge on any atom is -0.449 e. The maximum atomic E-state index is 12.3. The summed E-state index contributed by atoms with van der Waals surface area (Å²) in [5.74, 6) is -0.442. The summed E-state index contributed by atoms with van der Waals surface area (Å²) >= 11 is 0. The summed E-state index contributed by atoms with van der Waals surface area (Å²) in [4.78, 5) is 24.3. The highest BCUT2D eigenvalue weighted by atomic mass is 16.5. The standard InChI is InChI=1S/C23H27NO3/c1-15(2)20-11-8-19(9-12-20)10-13-22(25)27-18(5)23(26)24-21-14-16(3)6-7-17(21)4/h6-15,18H,1-5H3,(H,24,26). The van der Waals surface area contributed by atoms with Crippen LogP contribution in [0.4, 0.5) is 5.69 Å². The van der Waals surface area contributed by atoms with Crippen molar-refractivity contribution in [1.29, 1.82) is 0 Å². The number of anilines is 1. The van der Waals surface area contributed by atoms with Gasteiger partial charge in [0.25, 0.3) is 5.91 Å². The normalized spacial score (nSPS) is 12.2. The van der Waals surface area contributed by atoms with E-state index in [0.717, 1.165) is 22.4 Å². The van der Waals surface area contributed by atoms with Crippen molar-refractivity contribution < 1.29 is 14.3 Å². The van der Waals surface area contributed by atoms with Crippen molar-refractivity contribution in [3.63, 3.8) is 0 Å². The SMILES string of the molecule is Cc1ccc(C)c(NC(=O)C(C)OC(=O)C=Cc2ccc(C(C)C)cc2)c1. The van der Waals surface area contributed by atoms with Crippen molar-refractivity contribution in [2.45, 2.75) is 46.6 Å². The van der Waals surface area contributed by atoms with E-state index in [4.69, 9.17) is 4.74 Å². The number of rotatable bonds is 6. The van der Waals surface area contributed by atoms with Gasteiger partial charge in [0, 0.05) is 11.8 Å². The van der Waals surface area contributed by atoms with Gasteiger partial charge in [-0.15, -0.1) is 0 Å². The van der Waals surface area contributed by atoms with Gasteiger partial charge >= 0.3 is 5.97 Å². The molecule has 0 bridgehead atoms. The van der Waals surface area contributed by atoms with E-state index in [1.807, 2.05) is 56.3 Å². The molecule has 1 amide bonds. The predicted octanol–water partition coefficient (Wildman–Crippen LogP) is 5.01. The zero-order valence-corrected chi connectivity index (χ0v) is 16.6. The van der Waals surface area contributed by atoms with Crippen molar-refractivity contribution >= 4 is 23.6 Å². The van der Waals surface area contributed by atoms with Crippen molar-refractivity contribution in [2.24, 2.45) is 0 Å². The van der Waals surface area contributed by atoms with E-state index < -0.39 is 12.1 Å². The summed E-state index contributed by atoms with van der Waals surface area (Å²) in [5.41, 5.74) is 4.88. The van der Waals surface area contributed by atoms with Crippen LogP contribution in [0.1, 0.15) is 48.9 Å². The maximum absolute atomic E-state index is 12.3. The van der Waals surface area contributed by atoms with Crippen LogP contribution in [0.5, 0.6) is 0 Å². The van der Waals surface area contributed by atoms with Gasteiger partial charge in [-0.25, -0.2) is 4.79 Å². The topological polar surface area (TPSA) is 55.4 Å². The second-order valence-corrected chi connectivity index (χ2v) is 7.04. The van der Waals surface area contributed by atoms with Gasteiger partial charge in [-0.05, 0) is 61.1 Å². The van der Waals surface area contributed by atoms with Gasteiger partial charge in [0.05, 0.1) is 0 Å². The largest absolute Gasteiger partial charge is 0.449 e. The fourth-order valence-electron chi connectivity index (χ4n) is 2.53. The van der Waals surface area contributed by atoms with Gasteiger partial charge in [0.1, 0.15) is 0 Å². The van der Waals surface area contributed by atoms with E-state index in [-0.39, 0.29) is 5.91 Å². The van der Waals surface area contributed by atoms with Crippen molar-refractivity contribution in [3.05, 3.63) is 70.8 Å². The van der Waals surface area contributed by atoms with Gasteiger partial charge in [0.15, 0.2) is 6.10 Å². The molecule has 0 saturated carbocycles. The van der Waals surface area contributed by atoms with Crippen LogP contribution in [-0.4, -0.2) is 18.0 Å². The molecule has 1 unspecified atom stereocenters. The monoisotopic (exact) mass is 365 g/mol. The molecule has 0 aromatic heterocycles. The Morgan fingerprint density at radius 3 is 2.30 bits per heavy atom. The lowest BCUT2D eigenvalue weighted by Crippen LogP contribution is -2.29. The molecule has 0 aliphatic carbocycles. The highest BCUT2D eigenvalue weighted by Gasteiger charge is 2.17. The third kappa shape index (κ3) is 6.10. The van der Waals surface area contributed by atoms with Crippen LogP contribution in [0.2, 0.25) is 0 Å². The third-order valence-corrected chi connectivity index (χ3v) is 4.33. The first kappa shape index (κ1) is 20.4. The first-order valence-electron chi connectivity index (χ1n) is 9.13. The summed E-state index contributed by atoms with van der Waals surface area (Å²) in [7, 11) is 0. The van der Waals surface area contributed by atoms with E-state index in [2.05, 4.69) is 19.2 Å². The number of esters is 1. The Kier molecular flexibility index (Phi) is 6.94. The van der Waals surface area contributed by atoms with Gasteiger partial charge < -0.3 is 10.1 Å². The van der Waals surface area contributed by atoms with Crippen LogP contribution in [0.25, 0.3) is 6.08 Å². The fourth-order valence-corrected chi connectivity index (χ4v) is 2.53. The van der Waals surface area contributed by atoms with Crippen molar-refractivity contribution in [1.82, 2.24) is 0 Å². The number of ether oxygens (including phenoxy) is 1. The number of aryl methyl sites for hydroxylation is 2. The Hall–Kier alpha value is -2.88. The molecule has 0 heterocycles. The van der Waals surface area contributed by atoms with Crippen LogP contribution in [0.15, 0.2) is 48.5 Å². The van der Waals surface area contributed by atoms with E-state index in [9.17, 15) is 9.59 Å². The lowest BCUT2D eigenvalue weighted by Gasteiger charge is -2.14. The fraction of sp³-hybridized carbons (Fsp3) is 0.304. The predicted molar refractivity (Wildman–Crippen MR) is 110 cm³/mol. The van der Waals surface area contributed by atoms with Gasteiger partial charge in [-0.1, -0.05) is 50.2 Å². The van der Waals surface area contributed by atoms with Crippen molar-refractivity contribution in [2.75, 3.05) is 5.32 Å². The van der Waals surface area contributed by atoms with Crippen LogP contribution < -0.4 is 5.32 Å². The summed E-state index contributed by atoms with van der Waals surface area (Å²) in [5, 5.41) is 2.81. The van der Waals surface area contributed by atoms with E-state index in [1.165, 1.54) is 11.6 Å². The average Bonchev–Trinajstić information content (AvgIpc) is 2.63. The molecule has 0 radical (unpaired) electrons. The Labute approximate surface area is 161 Å². The van der Waals surface area contributed by atoms with Crippen LogP contribution >= 0.6 is 0 Å². The smallest absolute Gasteiger partial charge is 0.331 e. The Morgan fingerprint density at radius 1 is 1.00 bits per heavy atom. The Bertz CT molecular complexity index is 835. The Balaban J connectivity index is 1.92. The molecule has 142 valence electrons. The zero-order valence-electron chi connectivity index (χ0n) is 16.6. The molecule has 4 heteroatoms. The zero-order chi connectivity index (χ0) is 20.0. The summed E-state index contributed by atoms with van der Waals surface area (Å²) < 4.78 is 5.20. The third-order valence-electron chi connectivity index (χ3n) is 4.33. The second kappa shape index (κ2) is 9.17. The van der Waals surface area contributed by atoms with Crippen LogP contribution in [0, 0.1) is 13.8 Å². The molecule has 27 heavy (non-hydrogen) atoms. The molecule has 0 fully saturated rings. The number of benzene rings is 2. The molecule has 2 rings (SSSR count). The van der Waals surface area contributed by atoms with E-state index in [0.29, 0.717) is 5.92 Å². The number of carbonyl (C=O) groups excluding carboxylic acids is 2. The average molecular weight is 365 g/mol. The van der Waals surface area contributed by atoms with E-state index >= 15 is 0 Å². The summed E-state index contributed by atoms with van der Waals surface area (Å²) in [6.07, 6.45) is 2.14. The Morgan fingerprint density at radius 2 is 1.67 bits per heavy atom. The van der Waals surface area contributed by atoms with Crippen LogP contribution in [-0.2, 0) is 14.3 Å². The van der Waals surface area contributed by atoms with Crippen molar-refractivity contribution in [3.8, 4) is 0 Å². The lowest BCUT2D eigenvalue weighted by atomic mass is 10.0. The highest BCUT2D eigenvalue weighted by Crippen LogP contribution is 2.17. The van der Waals surface area contributed by atoms with Crippen LogP contribution in [0.3, 0.4) is 0 Å². The second-order valence-electron chi connectivity index (χ2n) is 7.04. The molecule has 4 nitrogen and oxygen atoms in total. The minimum absolute atomic E-state index is 0.355. The van der Waals surface area contributed by atoms with Gasteiger partial charge in [-0.2, -0.15) is 0 Å². The van der Waals surface area contributed by atoms with Gasteiger partial charge in [0.2, 0.25) is 0 Å². The number of amides is 1. The summed E-state index contributed by atoms with van der Waals surface area (Å²) in [6.45, 7) is 9.69. The molecule has 1 N–H and O–H groups in total. The van der Waals surface area contributed by atoms with E-state index in [1.54, 1.807) is 13.0 Å². The molecule has 0 aliphatic rings. The first-order chi connectivity index (χ1) is 12.8. The lowest BCUT2D eigenvalue weighted by molar-refractivity contribution is -0.148. The molecule has 2 aromatic rings. The molecular formula is C23H27NO3. The molecule has 1 atom stereocenters. The molecule has 0 saturated heterocycles. The molecule has 2 aromatic carbocycles. The first-order valence-corrected chi connectivity index (χ1v) is 9.13. The van der Waals surface area contributed by atoms with Gasteiger partial charge in [-0.3, -0.25) is 4.79 Å². The number of hydrogen-bond donors (Lipinski definition) is 1. The quantitative estimate of drug-likeness (QED) is 0.578. The number of hydrogen-bond acceptors (Lipinski definition) is 3. The molecular weight excluding hydrogens is 338 g/mol. The molecule has 0 aliphatic heterocycles. The number of carbonyl (C=O) groups is 2. The maximum Gasteiger partial charge on any atom is 0.331 e.